The van der Waals surface area contributed by atoms with Gasteiger partial charge in [-0.05, 0) is 0 Å². The lowest BCUT2D eigenvalue weighted by Gasteiger charge is -2.24. The second-order valence-electron chi connectivity index (χ2n) is 2.81. The molecule has 108 valence electrons. The molecule has 0 bridgehead atoms. The Morgan fingerprint density at radius 3 is 1.63 bits per heavy atom. The molecule has 19 heavy (non-hydrogen) atoms. The summed E-state index contributed by atoms with van der Waals surface area (Å²) in [5.41, 5.74) is 0. The van der Waals surface area contributed by atoms with E-state index in [9.17, 15) is 21.0 Å². The maximum Gasteiger partial charge on any atom is 0.424 e. The Bertz CT molecular complexity index is 566. The number of hydrogen-bond donors (Lipinski definition) is 0. The first kappa shape index (κ1) is 18.3. The summed E-state index contributed by atoms with van der Waals surface area (Å²) in [4.78, 5) is 0. The average Bonchev–Trinajstić information content (AvgIpc) is 2.11. The van der Waals surface area contributed by atoms with Crippen LogP contribution in [0, 0.1) is 22.7 Å². The van der Waals surface area contributed by atoms with Gasteiger partial charge < -0.3 is 0 Å². The Morgan fingerprint density at radius 1 is 0.842 bits per heavy atom. The largest absolute Gasteiger partial charge is 0.424 e. The molecule has 0 radical (unpaired) electrons. The van der Waals surface area contributed by atoms with Crippen LogP contribution in [0.3, 0.4) is 0 Å². The van der Waals surface area contributed by atoms with Crippen LogP contribution in [0.1, 0.15) is 7.43 Å². The standard InChI is InChI=1S/C4H4F5N6P3.CH4/c5-16(6)12-17(7,8)14-18(9,13-16)15(3-1-10)4-2-11;/h3-4H2;1H4. The Hall–Kier alpha value is -0.720. The molecule has 0 spiro atoms. The second-order valence-corrected chi connectivity index (χ2v) is 8.34. The topological polar surface area (TPSA) is 87.9 Å². The fraction of sp³-hybridized carbons (Fsp3) is 0.600. The molecule has 0 aromatic heterocycles. The highest BCUT2D eigenvalue weighted by Crippen LogP contribution is 2.82. The first-order valence-electron chi connectivity index (χ1n) is 4.03. The summed E-state index contributed by atoms with van der Waals surface area (Å²) in [6, 6.07) is 2.75. The van der Waals surface area contributed by atoms with Crippen molar-refractivity contribution in [3.8, 4) is 12.1 Å². The molecule has 0 aromatic rings. The monoisotopic (exact) mass is 340 g/mol. The highest BCUT2D eigenvalue weighted by molar-refractivity contribution is 7.78. The molecule has 14 heteroatoms. The van der Waals surface area contributed by atoms with Gasteiger partial charge in [0.2, 0.25) is 0 Å². The maximum atomic E-state index is 14.0. The average molecular weight is 340 g/mol. The molecule has 1 aliphatic rings. The van der Waals surface area contributed by atoms with E-state index in [1.54, 1.807) is 0 Å². The molecular formula is C5H8F5N6P3. The Balaban J connectivity index is 0.00000324. The molecule has 1 aliphatic heterocycles. The number of hydrogen-bond acceptors (Lipinski definition) is 6. The van der Waals surface area contributed by atoms with Crippen LogP contribution < -0.4 is 0 Å². The van der Waals surface area contributed by atoms with Gasteiger partial charge in [-0.25, -0.2) is 0 Å². The SMILES string of the molecule is C.N#CCN(CC#N)P1(F)=NP(F)(F)=NP(F)(F)=N1. The van der Waals surface area contributed by atoms with E-state index < -0.39 is 36.4 Å². The number of halogens is 5. The number of nitrogens with zero attached hydrogens (tertiary/aromatic N) is 6. The molecule has 0 aromatic carbocycles. The predicted molar refractivity (Wildman–Crippen MR) is 63.1 cm³/mol. The van der Waals surface area contributed by atoms with Gasteiger partial charge >= 0.3 is 23.3 Å². The summed E-state index contributed by atoms with van der Waals surface area (Å²) in [7, 11) is -16.7. The van der Waals surface area contributed by atoms with Crippen molar-refractivity contribution < 1.29 is 21.0 Å². The van der Waals surface area contributed by atoms with Crippen molar-refractivity contribution in [1.29, 1.82) is 10.5 Å². The first-order chi connectivity index (χ1) is 8.14. The minimum Gasteiger partial charge on any atom is -0.199 e. The molecule has 6 nitrogen and oxygen atoms in total. The van der Waals surface area contributed by atoms with Gasteiger partial charge in [-0.2, -0.15) is 19.4 Å². The Labute approximate surface area is 106 Å². The first-order valence-corrected chi connectivity index (χ1v) is 8.52. The lowest BCUT2D eigenvalue weighted by atomic mass is 10.6. The van der Waals surface area contributed by atoms with Gasteiger partial charge in [-0.1, -0.05) is 7.43 Å². The maximum absolute atomic E-state index is 14.0. The summed E-state index contributed by atoms with van der Waals surface area (Å²) < 4.78 is 72.4. The van der Waals surface area contributed by atoms with Crippen LogP contribution in [0.15, 0.2) is 13.5 Å². The Kier molecular flexibility index (Phi) is 5.92. The van der Waals surface area contributed by atoms with Gasteiger partial charge in [0.1, 0.15) is 0 Å². The smallest absolute Gasteiger partial charge is 0.199 e. The molecule has 0 saturated heterocycles. The Morgan fingerprint density at radius 2 is 1.26 bits per heavy atom. The van der Waals surface area contributed by atoms with Crippen molar-refractivity contribution in [3.05, 3.63) is 0 Å². The van der Waals surface area contributed by atoms with E-state index in [1.807, 2.05) is 4.52 Å². The van der Waals surface area contributed by atoms with Crippen molar-refractivity contribution in [2.75, 3.05) is 13.1 Å². The third kappa shape index (κ3) is 4.71. The van der Waals surface area contributed by atoms with Crippen LogP contribution in [0.5, 0.6) is 0 Å². The van der Waals surface area contributed by atoms with Crippen molar-refractivity contribution in [2.24, 2.45) is 13.5 Å². The molecule has 1 rings (SSSR count). The highest BCUT2D eigenvalue weighted by Gasteiger charge is 2.42. The van der Waals surface area contributed by atoms with E-state index in [4.69, 9.17) is 10.5 Å². The van der Waals surface area contributed by atoms with Gasteiger partial charge in [0.15, 0.2) is 0 Å². The normalized spacial score (nSPS) is 26.7. The van der Waals surface area contributed by atoms with Crippen molar-refractivity contribution in [3.63, 3.8) is 0 Å². The fourth-order valence-corrected chi connectivity index (χ4v) is 6.98. The van der Waals surface area contributed by atoms with Crippen molar-refractivity contribution in [2.45, 2.75) is 7.43 Å². The van der Waals surface area contributed by atoms with Gasteiger partial charge in [-0.15, -0.1) is 30.3 Å². The zero-order chi connectivity index (χ0) is 14.0. The molecular weight excluding hydrogens is 332 g/mol. The van der Waals surface area contributed by atoms with Crippen molar-refractivity contribution >= 4 is 23.3 Å². The fourth-order valence-electron chi connectivity index (χ4n) is 0.969. The molecule has 1 heterocycles. The summed E-state index contributed by atoms with van der Waals surface area (Å²) in [5, 5.41) is 16.7. The van der Waals surface area contributed by atoms with E-state index in [0.717, 1.165) is 0 Å². The summed E-state index contributed by atoms with van der Waals surface area (Å²) in [6.07, 6.45) is 0. The van der Waals surface area contributed by atoms with Gasteiger partial charge in [-0.3, -0.25) is 0 Å². The van der Waals surface area contributed by atoms with E-state index in [-0.39, 0.29) is 12.1 Å². The van der Waals surface area contributed by atoms with Crippen LogP contribution in [0.25, 0.3) is 0 Å². The molecule has 0 amide bonds. The third-order valence-electron chi connectivity index (χ3n) is 1.52. The zero-order valence-electron chi connectivity index (χ0n) is 8.33. The van der Waals surface area contributed by atoms with Gasteiger partial charge in [0.25, 0.3) is 0 Å². The summed E-state index contributed by atoms with van der Waals surface area (Å²) >= 11 is 0. The zero-order valence-corrected chi connectivity index (χ0v) is 11.0. The van der Waals surface area contributed by atoms with E-state index >= 15 is 0 Å². The third-order valence-corrected chi connectivity index (χ3v) is 7.79. The molecule has 0 fully saturated rings. The van der Waals surface area contributed by atoms with Gasteiger partial charge in [0, 0.05) is 0 Å². The van der Waals surface area contributed by atoms with Crippen LogP contribution in [0.2, 0.25) is 0 Å². The summed E-state index contributed by atoms with van der Waals surface area (Å²) in [6.45, 7) is -1.68. The highest BCUT2D eigenvalue weighted by atomic mass is 31.3. The lowest BCUT2D eigenvalue weighted by Crippen LogP contribution is -2.18. The van der Waals surface area contributed by atoms with Crippen LogP contribution in [-0.2, 0) is 0 Å². The number of nitriles is 2. The van der Waals surface area contributed by atoms with E-state index in [1.165, 1.54) is 12.1 Å². The molecule has 0 aliphatic carbocycles. The molecule has 0 N–H and O–H groups in total. The minimum atomic E-state index is -5.81. The van der Waals surface area contributed by atoms with E-state index in [0.29, 0.717) is 0 Å². The van der Waals surface area contributed by atoms with E-state index in [2.05, 4.69) is 9.03 Å². The van der Waals surface area contributed by atoms with Crippen LogP contribution in [-0.4, -0.2) is 17.8 Å². The van der Waals surface area contributed by atoms with Gasteiger partial charge in [0.05, 0.1) is 25.2 Å². The molecule has 1 atom stereocenters. The second kappa shape index (κ2) is 6.15. The minimum absolute atomic E-state index is 0. The quantitative estimate of drug-likeness (QED) is 0.376. The molecule has 0 saturated carbocycles. The van der Waals surface area contributed by atoms with Crippen LogP contribution in [0.4, 0.5) is 21.0 Å². The molecule has 1 unspecified atom stereocenters. The van der Waals surface area contributed by atoms with Crippen molar-refractivity contribution in [1.82, 2.24) is 4.67 Å². The summed E-state index contributed by atoms with van der Waals surface area (Å²) in [5.74, 6) is 0. The lowest BCUT2D eigenvalue weighted by molar-refractivity contribution is 0.524. The predicted octanol–water partition coefficient (Wildman–Crippen LogP) is 5.67. The number of rotatable bonds is 3. The van der Waals surface area contributed by atoms with Crippen LogP contribution >= 0.6 is 23.3 Å².